The number of rotatable bonds is 8. The van der Waals surface area contributed by atoms with Crippen LogP contribution in [0.1, 0.15) is 31.2 Å². The Bertz CT molecular complexity index is 990. The molecule has 2 aliphatic rings. The van der Waals surface area contributed by atoms with Crippen LogP contribution in [0.25, 0.3) is 0 Å². The van der Waals surface area contributed by atoms with Crippen molar-refractivity contribution in [2.75, 3.05) is 32.7 Å². The van der Waals surface area contributed by atoms with Crippen molar-refractivity contribution in [1.82, 2.24) is 9.80 Å². The van der Waals surface area contributed by atoms with Crippen LogP contribution >= 0.6 is 0 Å². The van der Waals surface area contributed by atoms with Crippen LogP contribution in [0.15, 0.2) is 60.7 Å². The third-order valence-corrected chi connectivity index (χ3v) is 6.22. The molecule has 2 atom stereocenters. The lowest BCUT2D eigenvalue weighted by Gasteiger charge is -2.38. The highest BCUT2D eigenvalue weighted by Crippen LogP contribution is 2.36. The summed E-state index contributed by atoms with van der Waals surface area (Å²) >= 11 is 0. The molecule has 9 heteroatoms. The van der Waals surface area contributed by atoms with Crippen LogP contribution in [0.4, 0.5) is 13.2 Å². The summed E-state index contributed by atoms with van der Waals surface area (Å²) in [6.45, 7) is 5.45. The second kappa shape index (κ2) is 10.6. The van der Waals surface area contributed by atoms with E-state index >= 15 is 0 Å². The maximum absolute atomic E-state index is 12.9. The van der Waals surface area contributed by atoms with E-state index in [1.54, 1.807) is 18.4 Å². The quantitative estimate of drug-likeness (QED) is 0.593. The van der Waals surface area contributed by atoms with E-state index in [0.717, 1.165) is 26.2 Å². The fourth-order valence-corrected chi connectivity index (χ4v) is 4.38. The topological polar surface area (TPSA) is 54.4 Å². The summed E-state index contributed by atoms with van der Waals surface area (Å²) in [7, 11) is 0. The molecule has 0 aliphatic carbocycles. The molecule has 2 aliphatic heterocycles. The van der Waals surface area contributed by atoms with Crippen molar-refractivity contribution in [3.05, 3.63) is 66.2 Å². The minimum Gasteiger partial charge on any atom is -0.455 e. The minimum atomic E-state index is -4.78. The number of nitrogens with zero attached hydrogens (tertiary/aromatic N) is 2. The van der Waals surface area contributed by atoms with Gasteiger partial charge in [0.25, 0.3) is 0 Å². The fraction of sp³-hybridized carbons (Fsp3) is 0.440. The number of fused-ring (bicyclic) bond motifs is 1. The summed E-state index contributed by atoms with van der Waals surface area (Å²) in [5.74, 6) is 1.31. The van der Waals surface area contributed by atoms with Gasteiger partial charge in [0.2, 0.25) is 5.88 Å². The largest absolute Gasteiger partial charge is 0.573 e. The fourth-order valence-electron chi connectivity index (χ4n) is 4.38. The molecule has 2 aromatic carbocycles. The van der Waals surface area contributed by atoms with Gasteiger partial charge >= 0.3 is 6.36 Å². The number of piperazine rings is 1. The number of ether oxygens (including phenoxy) is 3. The van der Waals surface area contributed by atoms with E-state index < -0.39 is 18.4 Å². The van der Waals surface area contributed by atoms with Crippen molar-refractivity contribution >= 4 is 0 Å². The van der Waals surface area contributed by atoms with Gasteiger partial charge in [0, 0.05) is 37.7 Å². The van der Waals surface area contributed by atoms with Gasteiger partial charge in [-0.15, -0.1) is 13.2 Å². The predicted octanol–water partition coefficient (Wildman–Crippen LogP) is 4.72. The first-order valence-electron chi connectivity index (χ1n) is 11.5. The van der Waals surface area contributed by atoms with Crippen molar-refractivity contribution in [3.8, 4) is 17.2 Å². The Labute approximate surface area is 197 Å². The first kappa shape index (κ1) is 24.2. The average Bonchev–Trinajstić information content (AvgIpc) is 2.84. The van der Waals surface area contributed by atoms with Crippen molar-refractivity contribution < 1.29 is 32.5 Å². The molecule has 0 spiro atoms. The van der Waals surface area contributed by atoms with Crippen molar-refractivity contribution in [1.29, 1.82) is 0 Å². The predicted molar refractivity (Wildman–Crippen MR) is 121 cm³/mol. The highest BCUT2D eigenvalue weighted by Gasteiger charge is 2.34. The Morgan fingerprint density at radius 2 is 1.68 bits per heavy atom. The number of para-hydroxylation sites is 3. The molecule has 2 aromatic rings. The molecule has 0 bridgehead atoms. The van der Waals surface area contributed by atoms with E-state index in [-0.39, 0.29) is 5.75 Å². The number of hydrogen-bond acceptors (Lipinski definition) is 6. The van der Waals surface area contributed by atoms with Crippen molar-refractivity contribution in [2.24, 2.45) is 0 Å². The molecule has 2 unspecified atom stereocenters. The second-order valence-corrected chi connectivity index (χ2v) is 8.41. The van der Waals surface area contributed by atoms with Gasteiger partial charge in [0.05, 0.1) is 6.10 Å². The molecule has 0 amide bonds. The van der Waals surface area contributed by atoms with Crippen LogP contribution < -0.4 is 14.2 Å². The molecule has 1 N–H and O–H groups in total. The van der Waals surface area contributed by atoms with Crippen molar-refractivity contribution in [3.63, 3.8) is 0 Å². The van der Waals surface area contributed by atoms with Gasteiger partial charge in [0.1, 0.15) is 5.75 Å². The number of benzene rings is 2. The maximum Gasteiger partial charge on any atom is 0.573 e. The zero-order valence-corrected chi connectivity index (χ0v) is 19.0. The zero-order valence-electron chi connectivity index (χ0n) is 19.0. The molecule has 4 rings (SSSR count). The molecule has 1 fully saturated rings. The molecule has 0 aromatic heterocycles. The third-order valence-electron chi connectivity index (χ3n) is 6.22. The van der Waals surface area contributed by atoms with Gasteiger partial charge in [0.15, 0.2) is 17.8 Å². The van der Waals surface area contributed by atoms with Crippen LogP contribution in [-0.4, -0.2) is 60.1 Å². The van der Waals surface area contributed by atoms with E-state index in [1.165, 1.54) is 12.1 Å². The van der Waals surface area contributed by atoms with E-state index in [4.69, 9.17) is 9.47 Å². The van der Waals surface area contributed by atoms with Gasteiger partial charge in [-0.3, -0.25) is 4.90 Å². The first-order valence-corrected chi connectivity index (χ1v) is 11.5. The lowest BCUT2D eigenvalue weighted by Crippen LogP contribution is -2.47. The van der Waals surface area contributed by atoms with E-state index in [2.05, 4.69) is 14.5 Å². The smallest absolute Gasteiger partial charge is 0.455 e. The van der Waals surface area contributed by atoms with Gasteiger partial charge < -0.3 is 24.2 Å². The molecule has 34 heavy (non-hydrogen) atoms. The lowest BCUT2D eigenvalue weighted by atomic mass is 9.88. The monoisotopic (exact) mass is 478 g/mol. The molecule has 1 saturated heterocycles. The van der Waals surface area contributed by atoms with Crippen molar-refractivity contribution in [2.45, 2.75) is 38.1 Å². The Morgan fingerprint density at radius 3 is 2.38 bits per heavy atom. The van der Waals surface area contributed by atoms with Crippen LogP contribution in [0.5, 0.6) is 17.2 Å². The zero-order chi connectivity index (χ0) is 24.1. The highest BCUT2D eigenvalue weighted by molar-refractivity contribution is 5.42. The standard InChI is InChI=1S/C25H29F3N2O4/c1-2-20(31)18(19-7-3-4-8-21(19)34-25(26,27)28)11-12-29-13-15-30(16-14-29)24-17-32-22-9-5-6-10-23(22)33-24/h3-10,17-18,20,31H,2,11-16H2,1H3. The summed E-state index contributed by atoms with van der Waals surface area (Å²) in [6, 6.07) is 13.6. The number of aliphatic hydroxyl groups is 1. The van der Waals surface area contributed by atoms with Crippen LogP contribution in [-0.2, 0) is 0 Å². The molecule has 0 saturated carbocycles. The SMILES string of the molecule is CCC(O)C(CCN1CCN(C2=COc3ccccc3O2)CC1)c1ccccc1OC(F)(F)F. The number of alkyl halides is 3. The highest BCUT2D eigenvalue weighted by atomic mass is 19.4. The Hall–Kier alpha value is -2.91. The van der Waals surface area contributed by atoms with Crippen LogP contribution in [0.3, 0.4) is 0 Å². The van der Waals surface area contributed by atoms with E-state index in [9.17, 15) is 18.3 Å². The number of aliphatic hydroxyl groups excluding tert-OH is 1. The van der Waals surface area contributed by atoms with E-state index in [1.807, 2.05) is 31.2 Å². The summed E-state index contributed by atoms with van der Waals surface area (Å²) in [5, 5.41) is 10.6. The van der Waals surface area contributed by atoms with E-state index in [0.29, 0.717) is 42.3 Å². The Morgan fingerprint density at radius 1 is 1.00 bits per heavy atom. The summed E-state index contributed by atoms with van der Waals surface area (Å²) in [5.41, 5.74) is 0.379. The second-order valence-electron chi connectivity index (χ2n) is 8.41. The third kappa shape index (κ3) is 5.95. The van der Waals surface area contributed by atoms with Gasteiger partial charge in [-0.05, 0) is 37.6 Å². The normalized spacial score (nSPS) is 18.3. The molecular weight excluding hydrogens is 449 g/mol. The number of hydrogen-bond donors (Lipinski definition) is 1. The van der Waals surface area contributed by atoms with Crippen LogP contribution in [0.2, 0.25) is 0 Å². The van der Waals surface area contributed by atoms with Gasteiger partial charge in [-0.2, -0.15) is 0 Å². The lowest BCUT2D eigenvalue weighted by molar-refractivity contribution is -0.275. The first-order chi connectivity index (χ1) is 16.3. The molecule has 6 nitrogen and oxygen atoms in total. The average molecular weight is 479 g/mol. The molecule has 2 heterocycles. The van der Waals surface area contributed by atoms with Gasteiger partial charge in [-0.1, -0.05) is 37.3 Å². The molecule has 0 radical (unpaired) electrons. The molecule has 184 valence electrons. The van der Waals surface area contributed by atoms with Gasteiger partial charge in [-0.25, -0.2) is 0 Å². The Balaban J connectivity index is 1.35. The summed E-state index contributed by atoms with van der Waals surface area (Å²) in [4.78, 5) is 4.36. The molecular formula is C25H29F3N2O4. The minimum absolute atomic E-state index is 0.251. The Kier molecular flexibility index (Phi) is 7.53. The summed E-state index contributed by atoms with van der Waals surface area (Å²) in [6.07, 6.45) is -2.98. The number of halogens is 3. The summed E-state index contributed by atoms with van der Waals surface area (Å²) < 4.78 is 54.6. The van der Waals surface area contributed by atoms with Crippen LogP contribution in [0, 0.1) is 0 Å². The maximum atomic E-state index is 12.9.